The Kier molecular flexibility index (Phi) is 8.52. The van der Waals surface area contributed by atoms with Crippen molar-refractivity contribution >= 4 is 58.0 Å². The molecule has 2 aromatic rings. The highest BCUT2D eigenvalue weighted by molar-refractivity contribution is 8.26. The third-order valence-corrected chi connectivity index (χ3v) is 8.11. The van der Waals surface area contributed by atoms with Gasteiger partial charge in [0.25, 0.3) is 5.91 Å². The van der Waals surface area contributed by atoms with Gasteiger partial charge in [-0.25, -0.2) is 0 Å². The number of hydrogen-bond donors (Lipinski definition) is 1. The van der Waals surface area contributed by atoms with E-state index in [1.165, 1.54) is 16.7 Å². The van der Waals surface area contributed by atoms with Crippen LogP contribution in [0.3, 0.4) is 0 Å². The topological polar surface area (TPSA) is 80.0 Å². The van der Waals surface area contributed by atoms with E-state index in [0.29, 0.717) is 47.1 Å². The van der Waals surface area contributed by atoms with Crippen molar-refractivity contribution < 1.29 is 23.8 Å². The van der Waals surface area contributed by atoms with Gasteiger partial charge in [0.2, 0.25) is 0 Å². The van der Waals surface area contributed by atoms with E-state index in [-0.39, 0.29) is 37.0 Å². The molecule has 1 saturated heterocycles. The van der Waals surface area contributed by atoms with Crippen molar-refractivity contribution in [2.24, 2.45) is 5.92 Å². The molecule has 180 valence electrons. The van der Waals surface area contributed by atoms with Gasteiger partial charge in [-0.15, -0.1) is 11.8 Å². The summed E-state index contributed by atoms with van der Waals surface area (Å²) in [6.07, 6.45) is 6.98. The fraction of sp³-hybridized carbons (Fsp3) is 0.400. The van der Waals surface area contributed by atoms with Crippen LogP contribution in [-0.4, -0.2) is 51.7 Å². The second-order valence-electron chi connectivity index (χ2n) is 8.23. The van der Waals surface area contributed by atoms with E-state index in [1.54, 1.807) is 22.7 Å². The van der Waals surface area contributed by atoms with Gasteiger partial charge < -0.3 is 14.3 Å². The van der Waals surface area contributed by atoms with Crippen LogP contribution in [-0.2, 0) is 14.3 Å². The second kappa shape index (κ2) is 11.6. The molecular formula is C25H27NO5S3. The van der Waals surface area contributed by atoms with Gasteiger partial charge in [0.15, 0.2) is 0 Å². The molecule has 1 aromatic carbocycles. The van der Waals surface area contributed by atoms with E-state index in [1.807, 2.05) is 30.5 Å². The molecule has 2 aliphatic rings. The lowest BCUT2D eigenvalue weighted by molar-refractivity contribution is -0.150. The molecule has 1 aromatic heterocycles. The lowest BCUT2D eigenvalue weighted by atomic mass is 9.85. The minimum atomic E-state index is -0.214. The fourth-order valence-corrected chi connectivity index (χ4v) is 5.98. The summed E-state index contributed by atoms with van der Waals surface area (Å²) >= 11 is 8.51. The van der Waals surface area contributed by atoms with E-state index in [4.69, 9.17) is 26.5 Å². The van der Waals surface area contributed by atoms with Gasteiger partial charge in [0.05, 0.1) is 17.4 Å². The van der Waals surface area contributed by atoms with Crippen molar-refractivity contribution in [1.82, 2.24) is 4.90 Å². The number of amides is 1. The van der Waals surface area contributed by atoms with E-state index < -0.39 is 0 Å². The first-order chi connectivity index (χ1) is 16.5. The van der Waals surface area contributed by atoms with Crippen molar-refractivity contribution in [2.75, 3.05) is 19.5 Å². The molecule has 4 rings (SSSR count). The summed E-state index contributed by atoms with van der Waals surface area (Å²) in [7, 11) is 0. The maximum Gasteiger partial charge on any atom is 0.308 e. The second-order valence-corrected chi connectivity index (χ2v) is 10.8. The molecule has 0 atom stereocenters. The number of carbonyl (C=O) groups is 2. The Labute approximate surface area is 213 Å². The highest BCUT2D eigenvalue weighted by Crippen LogP contribution is 2.39. The Morgan fingerprint density at radius 2 is 1.97 bits per heavy atom. The van der Waals surface area contributed by atoms with Gasteiger partial charge in [0, 0.05) is 35.6 Å². The quantitative estimate of drug-likeness (QED) is 0.165. The Morgan fingerprint density at radius 1 is 1.24 bits per heavy atom. The highest BCUT2D eigenvalue weighted by atomic mass is 32.2. The van der Waals surface area contributed by atoms with Crippen LogP contribution in [0.5, 0.6) is 0 Å². The predicted octanol–water partition coefficient (Wildman–Crippen LogP) is 5.35. The smallest absolute Gasteiger partial charge is 0.308 e. The fourth-order valence-electron chi connectivity index (χ4n) is 4.19. The number of aliphatic hydroxyl groups excluding tert-OH is 1. The van der Waals surface area contributed by atoms with Gasteiger partial charge in [-0.05, 0) is 56.2 Å². The maximum atomic E-state index is 13.1. The first kappa shape index (κ1) is 25.0. The number of rotatable bonds is 8. The molecule has 2 fully saturated rings. The number of nitrogens with zero attached hydrogens (tertiary/aromatic N) is 1. The predicted molar refractivity (Wildman–Crippen MR) is 139 cm³/mol. The lowest BCUT2D eigenvalue weighted by Gasteiger charge is -2.33. The number of thiocarbonyl (C=S) groups is 1. The van der Waals surface area contributed by atoms with Crippen molar-refractivity contribution in [3.63, 3.8) is 0 Å². The van der Waals surface area contributed by atoms with Gasteiger partial charge >= 0.3 is 5.97 Å². The molecule has 0 bridgehead atoms. The van der Waals surface area contributed by atoms with E-state index in [9.17, 15) is 9.59 Å². The molecule has 0 radical (unpaired) electrons. The third-order valence-electron chi connectivity index (χ3n) is 6.04. The molecule has 1 aliphatic carbocycles. The Hall–Kier alpha value is -2.07. The Bertz CT molecular complexity index is 1070. The number of thioether (sulfide) groups is 2. The van der Waals surface area contributed by atoms with Crippen LogP contribution >= 0.6 is 35.7 Å². The first-order valence-corrected chi connectivity index (χ1v) is 13.7. The first-order valence-electron chi connectivity index (χ1n) is 11.3. The van der Waals surface area contributed by atoms with Crippen molar-refractivity contribution in [3.8, 4) is 11.3 Å². The summed E-state index contributed by atoms with van der Waals surface area (Å²) in [5.74, 6) is 0.882. The molecule has 6 nitrogen and oxygen atoms in total. The van der Waals surface area contributed by atoms with Gasteiger partial charge in [0.1, 0.15) is 15.8 Å². The van der Waals surface area contributed by atoms with Crippen molar-refractivity contribution in [2.45, 2.75) is 43.0 Å². The van der Waals surface area contributed by atoms with Crippen LogP contribution in [0.1, 0.15) is 37.9 Å². The SMILES string of the molecule is CSc1ccc(-c2ccc(/C=C3/SC(=S)N(C4CCC(C(=O)OCCCO)CC4)C3=O)o2)cc1. The van der Waals surface area contributed by atoms with Crippen LogP contribution < -0.4 is 0 Å². The van der Waals surface area contributed by atoms with Crippen molar-refractivity contribution in [3.05, 3.63) is 47.1 Å². The minimum absolute atomic E-state index is 0.00661. The van der Waals surface area contributed by atoms with E-state index in [0.717, 1.165) is 11.3 Å². The minimum Gasteiger partial charge on any atom is -0.465 e. The number of hydrogen-bond acceptors (Lipinski definition) is 8. The normalized spacial score (nSPS) is 21.9. The summed E-state index contributed by atoms with van der Waals surface area (Å²) in [6, 6.07) is 11.9. The molecule has 34 heavy (non-hydrogen) atoms. The number of furan rings is 1. The van der Waals surface area contributed by atoms with Gasteiger partial charge in [-0.2, -0.15) is 0 Å². The third kappa shape index (κ3) is 5.76. The zero-order valence-corrected chi connectivity index (χ0v) is 21.3. The summed E-state index contributed by atoms with van der Waals surface area (Å²) < 4.78 is 11.7. The van der Waals surface area contributed by atoms with Gasteiger partial charge in [-0.3, -0.25) is 14.5 Å². The summed E-state index contributed by atoms with van der Waals surface area (Å²) in [6.45, 7) is 0.249. The molecule has 9 heteroatoms. The van der Waals surface area contributed by atoms with Crippen LogP contribution in [0.2, 0.25) is 0 Å². The van der Waals surface area contributed by atoms with Crippen LogP contribution in [0.15, 0.2) is 50.6 Å². The molecule has 1 N–H and O–H groups in total. The molecule has 2 heterocycles. The number of ether oxygens (including phenoxy) is 1. The maximum absolute atomic E-state index is 13.1. The molecule has 1 saturated carbocycles. The molecule has 0 unspecified atom stereocenters. The van der Waals surface area contributed by atoms with Gasteiger partial charge in [-0.1, -0.05) is 36.1 Å². The van der Waals surface area contributed by atoms with Crippen LogP contribution in [0.4, 0.5) is 0 Å². The lowest BCUT2D eigenvalue weighted by Crippen LogP contribution is -2.41. The number of benzene rings is 1. The number of esters is 1. The number of carbonyl (C=O) groups excluding carboxylic acids is 2. The average molecular weight is 518 g/mol. The van der Waals surface area contributed by atoms with Crippen LogP contribution in [0.25, 0.3) is 17.4 Å². The molecule has 1 aliphatic heterocycles. The summed E-state index contributed by atoms with van der Waals surface area (Å²) in [5, 5.41) is 8.83. The van der Waals surface area contributed by atoms with E-state index in [2.05, 4.69) is 12.1 Å². The van der Waals surface area contributed by atoms with Crippen LogP contribution in [0, 0.1) is 5.92 Å². The molecule has 0 spiro atoms. The largest absolute Gasteiger partial charge is 0.465 e. The zero-order chi connectivity index (χ0) is 24.1. The monoisotopic (exact) mass is 517 g/mol. The standard InChI is InChI=1S/C25H27NO5S3/c1-33-20-10-5-16(6-11-20)21-12-9-19(31-21)15-22-23(28)26(25(32)34-22)18-7-3-17(4-8-18)24(29)30-14-2-13-27/h5-6,9-12,15,17-18,27H,2-4,7-8,13-14H2,1H3/b22-15+. The zero-order valence-electron chi connectivity index (χ0n) is 18.9. The molecule has 1 amide bonds. The van der Waals surface area contributed by atoms with Crippen molar-refractivity contribution in [1.29, 1.82) is 0 Å². The Balaban J connectivity index is 1.37. The summed E-state index contributed by atoms with van der Waals surface area (Å²) in [4.78, 5) is 28.8. The molecular weight excluding hydrogens is 490 g/mol. The van der Waals surface area contributed by atoms with E-state index >= 15 is 0 Å². The average Bonchev–Trinajstić information content (AvgIpc) is 3.43. The Morgan fingerprint density at radius 3 is 2.65 bits per heavy atom. The number of aliphatic hydroxyl groups is 1. The highest BCUT2D eigenvalue weighted by Gasteiger charge is 2.40. The summed E-state index contributed by atoms with van der Waals surface area (Å²) in [5.41, 5.74) is 0.983.